The van der Waals surface area contributed by atoms with Gasteiger partial charge in [0.1, 0.15) is 0 Å². The summed E-state index contributed by atoms with van der Waals surface area (Å²) in [4.78, 5) is 19.6. The number of ether oxygens (including phenoxy) is 1. The van der Waals surface area contributed by atoms with Gasteiger partial charge in [0, 0.05) is 45.1 Å². The van der Waals surface area contributed by atoms with E-state index in [0.29, 0.717) is 18.2 Å². The van der Waals surface area contributed by atoms with Crippen LogP contribution in [0.5, 0.6) is 0 Å². The van der Waals surface area contributed by atoms with Crippen molar-refractivity contribution in [3.63, 3.8) is 0 Å². The number of hydrogen-bond donors (Lipinski definition) is 1. The minimum atomic E-state index is 0.0301. The SMILES string of the molecule is CCCN(CC)C(=O)c1cnc2c(cnn2CC)c1NC1CCOCC1. The van der Waals surface area contributed by atoms with E-state index in [1.165, 1.54) is 0 Å². The molecule has 0 saturated carbocycles. The molecule has 3 rings (SSSR count). The second-order valence-corrected chi connectivity index (χ2v) is 6.66. The van der Waals surface area contributed by atoms with Crippen LogP contribution in [0.3, 0.4) is 0 Å². The summed E-state index contributed by atoms with van der Waals surface area (Å²) in [6, 6.07) is 0.298. The second kappa shape index (κ2) is 8.49. The summed E-state index contributed by atoms with van der Waals surface area (Å²) in [5, 5.41) is 8.96. The zero-order valence-electron chi connectivity index (χ0n) is 16.0. The molecule has 3 heterocycles. The Hall–Kier alpha value is -2.15. The van der Waals surface area contributed by atoms with Crippen molar-refractivity contribution in [2.45, 2.75) is 52.6 Å². The molecule has 1 amide bonds. The zero-order chi connectivity index (χ0) is 18.5. The van der Waals surface area contributed by atoms with Gasteiger partial charge in [0.2, 0.25) is 0 Å². The molecule has 7 nitrogen and oxygen atoms in total. The van der Waals surface area contributed by atoms with Crippen molar-refractivity contribution in [1.29, 1.82) is 0 Å². The van der Waals surface area contributed by atoms with Gasteiger partial charge in [0.05, 0.1) is 22.8 Å². The van der Waals surface area contributed by atoms with Crippen LogP contribution in [-0.2, 0) is 11.3 Å². The minimum absolute atomic E-state index is 0.0301. The number of carbonyl (C=O) groups excluding carboxylic acids is 1. The molecule has 1 saturated heterocycles. The highest BCUT2D eigenvalue weighted by molar-refractivity contribution is 6.06. The number of aromatic nitrogens is 3. The van der Waals surface area contributed by atoms with Crippen LogP contribution in [0.4, 0.5) is 5.69 Å². The number of nitrogens with zero attached hydrogens (tertiary/aromatic N) is 4. The molecule has 0 atom stereocenters. The Bertz CT molecular complexity index is 752. The number of carbonyl (C=O) groups is 1. The van der Waals surface area contributed by atoms with Gasteiger partial charge in [0.15, 0.2) is 5.65 Å². The lowest BCUT2D eigenvalue weighted by Crippen LogP contribution is -2.33. The number of fused-ring (bicyclic) bond motifs is 1. The predicted molar refractivity (Wildman–Crippen MR) is 103 cm³/mol. The standard InChI is InChI=1S/C19H29N5O2/c1-4-9-23(5-2)19(25)16-12-20-18-15(13-21-24(18)6-3)17(16)22-14-7-10-26-11-8-14/h12-14H,4-11H2,1-3H3,(H,20,22). The topological polar surface area (TPSA) is 72.3 Å². The van der Waals surface area contributed by atoms with Crippen molar-refractivity contribution >= 4 is 22.6 Å². The fourth-order valence-corrected chi connectivity index (χ4v) is 3.47. The molecular weight excluding hydrogens is 330 g/mol. The number of nitrogens with one attached hydrogen (secondary N) is 1. The van der Waals surface area contributed by atoms with Gasteiger partial charge in [-0.25, -0.2) is 9.67 Å². The molecular formula is C19H29N5O2. The van der Waals surface area contributed by atoms with Crippen molar-refractivity contribution in [3.05, 3.63) is 18.0 Å². The Morgan fingerprint density at radius 3 is 2.73 bits per heavy atom. The Morgan fingerprint density at radius 1 is 1.31 bits per heavy atom. The van der Waals surface area contributed by atoms with Crippen LogP contribution in [0.2, 0.25) is 0 Å². The van der Waals surface area contributed by atoms with Crippen LogP contribution in [-0.4, -0.2) is 57.9 Å². The summed E-state index contributed by atoms with van der Waals surface area (Å²) < 4.78 is 7.33. The van der Waals surface area contributed by atoms with E-state index in [9.17, 15) is 4.79 Å². The molecule has 26 heavy (non-hydrogen) atoms. The first-order chi connectivity index (χ1) is 12.7. The monoisotopic (exact) mass is 359 g/mol. The van der Waals surface area contributed by atoms with Crippen LogP contribution < -0.4 is 5.32 Å². The van der Waals surface area contributed by atoms with E-state index in [2.05, 4.69) is 22.3 Å². The van der Waals surface area contributed by atoms with Gasteiger partial charge in [-0.3, -0.25) is 4.79 Å². The van der Waals surface area contributed by atoms with Gasteiger partial charge >= 0.3 is 0 Å². The molecule has 142 valence electrons. The molecule has 0 bridgehead atoms. The molecule has 1 fully saturated rings. The van der Waals surface area contributed by atoms with Crippen LogP contribution in [0, 0.1) is 0 Å². The lowest BCUT2D eigenvalue weighted by atomic mass is 10.1. The van der Waals surface area contributed by atoms with Crippen LogP contribution in [0.1, 0.15) is 50.4 Å². The first-order valence-corrected chi connectivity index (χ1v) is 9.67. The van der Waals surface area contributed by atoms with E-state index in [0.717, 1.165) is 62.3 Å². The Kier molecular flexibility index (Phi) is 6.08. The van der Waals surface area contributed by atoms with E-state index in [1.807, 2.05) is 29.6 Å². The molecule has 1 aliphatic heterocycles. The van der Waals surface area contributed by atoms with Gasteiger partial charge in [-0.15, -0.1) is 0 Å². The third kappa shape index (κ3) is 3.67. The van der Waals surface area contributed by atoms with Gasteiger partial charge in [0.25, 0.3) is 5.91 Å². The summed E-state index contributed by atoms with van der Waals surface area (Å²) >= 11 is 0. The highest BCUT2D eigenvalue weighted by Crippen LogP contribution is 2.29. The molecule has 0 radical (unpaired) electrons. The normalized spacial score (nSPS) is 15.3. The van der Waals surface area contributed by atoms with E-state index >= 15 is 0 Å². The lowest BCUT2D eigenvalue weighted by Gasteiger charge is -2.27. The van der Waals surface area contributed by atoms with Gasteiger partial charge in [-0.1, -0.05) is 6.92 Å². The van der Waals surface area contributed by atoms with Crippen molar-refractivity contribution < 1.29 is 9.53 Å². The molecule has 0 unspecified atom stereocenters. The van der Waals surface area contributed by atoms with Crippen LogP contribution in [0.15, 0.2) is 12.4 Å². The first kappa shape index (κ1) is 18.6. The molecule has 7 heteroatoms. The summed E-state index contributed by atoms with van der Waals surface area (Å²) in [5.74, 6) is 0.0301. The fourth-order valence-electron chi connectivity index (χ4n) is 3.47. The minimum Gasteiger partial charge on any atom is -0.381 e. The Balaban J connectivity index is 2.03. The number of aryl methyl sites for hydroxylation is 1. The first-order valence-electron chi connectivity index (χ1n) is 9.67. The van der Waals surface area contributed by atoms with Crippen molar-refractivity contribution in [1.82, 2.24) is 19.7 Å². The Morgan fingerprint density at radius 2 is 2.08 bits per heavy atom. The smallest absolute Gasteiger partial charge is 0.257 e. The van der Waals surface area contributed by atoms with Gasteiger partial charge in [-0.2, -0.15) is 5.10 Å². The number of anilines is 1. The molecule has 0 aliphatic carbocycles. The average Bonchev–Trinajstić information content (AvgIpc) is 3.10. The van der Waals surface area contributed by atoms with Gasteiger partial charge < -0.3 is 15.0 Å². The van der Waals surface area contributed by atoms with Crippen LogP contribution in [0.25, 0.3) is 11.0 Å². The largest absolute Gasteiger partial charge is 0.381 e. The van der Waals surface area contributed by atoms with Crippen LogP contribution >= 0.6 is 0 Å². The molecule has 0 spiro atoms. The summed E-state index contributed by atoms with van der Waals surface area (Å²) in [6.07, 6.45) is 6.34. The molecule has 1 aliphatic rings. The summed E-state index contributed by atoms with van der Waals surface area (Å²) in [7, 11) is 0. The predicted octanol–water partition coefficient (Wildman–Crippen LogP) is 2.91. The molecule has 2 aromatic heterocycles. The number of hydrogen-bond acceptors (Lipinski definition) is 5. The summed E-state index contributed by atoms with van der Waals surface area (Å²) in [6.45, 7) is 9.83. The van der Waals surface area contributed by atoms with Crippen molar-refractivity contribution in [3.8, 4) is 0 Å². The maximum absolute atomic E-state index is 13.1. The van der Waals surface area contributed by atoms with E-state index < -0.39 is 0 Å². The molecule has 2 aromatic rings. The summed E-state index contributed by atoms with van der Waals surface area (Å²) in [5.41, 5.74) is 2.31. The Labute approximate surface area is 154 Å². The maximum atomic E-state index is 13.1. The number of pyridine rings is 1. The number of amides is 1. The highest BCUT2D eigenvalue weighted by atomic mass is 16.5. The average molecular weight is 359 g/mol. The van der Waals surface area contributed by atoms with Crippen molar-refractivity contribution in [2.24, 2.45) is 0 Å². The van der Waals surface area contributed by atoms with Crippen molar-refractivity contribution in [2.75, 3.05) is 31.6 Å². The number of rotatable bonds is 7. The van der Waals surface area contributed by atoms with Gasteiger partial charge in [-0.05, 0) is 33.1 Å². The quantitative estimate of drug-likeness (QED) is 0.823. The fraction of sp³-hybridized carbons (Fsp3) is 0.632. The van der Waals surface area contributed by atoms with E-state index in [-0.39, 0.29) is 5.91 Å². The maximum Gasteiger partial charge on any atom is 0.257 e. The van der Waals surface area contributed by atoms with E-state index in [1.54, 1.807) is 6.20 Å². The molecule has 0 aromatic carbocycles. The third-order valence-corrected chi connectivity index (χ3v) is 4.93. The molecule has 1 N–H and O–H groups in total. The second-order valence-electron chi connectivity index (χ2n) is 6.66. The highest BCUT2D eigenvalue weighted by Gasteiger charge is 2.24. The lowest BCUT2D eigenvalue weighted by molar-refractivity contribution is 0.0764. The zero-order valence-corrected chi connectivity index (χ0v) is 16.0. The third-order valence-electron chi connectivity index (χ3n) is 4.93. The van der Waals surface area contributed by atoms with E-state index in [4.69, 9.17) is 4.74 Å².